The van der Waals surface area contributed by atoms with Crippen molar-refractivity contribution in [2.24, 2.45) is 0 Å². The van der Waals surface area contributed by atoms with Crippen molar-refractivity contribution >= 4 is 22.7 Å². The summed E-state index contributed by atoms with van der Waals surface area (Å²) in [7, 11) is 0. The van der Waals surface area contributed by atoms with Crippen molar-refractivity contribution in [1.29, 1.82) is 0 Å². The molecular formula is C17H18N4O. The summed E-state index contributed by atoms with van der Waals surface area (Å²) in [6.07, 6.45) is 0. The molecule has 0 aliphatic carbocycles. The number of aliphatic hydroxyl groups excluding tert-OH is 1. The standard InChI is InChI=1S/C17H18N4O/c1-11-4-2-3-5-13(11)12-6-7-14-15(10-12)20-17(18)21-16(14)19-8-9-22/h2-7,10,22H,8-9H2,1H3,(H3,18,19,20,21). The molecular weight excluding hydrogens is 276 g/mol. The third-order valence-corrected chi connectivity index (χ3v) is 3.57. The Balaban J connectivity index is 2.12. The van der Waals surface area contributed by atoms with Gasteiger partial charge in [-0.2, -0.15) is 4.98 Å². The SMILES string of the molecule is Cc1ccccc1-c1ccc2c(NCCO)nc(N)nc2c1. The van der Waals surface area contributed by atoms with Gasteiger partial charge in [0.15, 0.2) is 0 Å². The quantitative estimate of drug-likeness (QED) is 0.689. The molecule has 5 nitrogen and oxygen atoms in total. The number of hydrogen-bond acceptors (Lipinski definition) is 5. The zero-order valence-corrected chi connectivity index (χ0v) is 12.4. The van der Waals surface area contributed by atoms with Gasteiger partial charge in [-0.15, -0.1) is 0 Å². The number of nitrogens with two attached hydrogens (primary N) is 1. The molecule has 4 N–H and O–H groups in total. The van der Waals surface area contributed by atoms with E-state index in [0.29, 0.717) is 12.4 Å². The van der Waals surface area contributed by atoms with Crippen LogP contribution in [-0.4, -0.2) is 28.2 Å². The molecule has 0 aliphatic rings. The third kappa shape index (κ3) is 2.71. The van der Waals surface area contributed by atoms with Crippen molar-refractivity contribution < 1.29 is 5.11 Å². The van der Waals surface area contributed by atoms with Crippen LogP contribution < -0.4 is 11.1 Å². The Kier molecular flexibility index (Phi) is 3.89. The van der Waals surface area contributed by atoms with E-state index in [0.717, 1.165) is 16.5 Å². The van der Waals surface area contributed by atoms with Crippen LogP contribution in [0.4, 0.5) is 11.8 Å². The molecule has 1 heterocycles. The van der Waals surface area contributed by atoms with Crippen molar-refractivity contribution in [2.75, 3.05) is 24.2 Å². The van der Waals surface area contributed by atoms with Crippen LogP contribution in [0.25, 0.3) is 22.0 Å². The smallest absolute Gasteiger partial charge is 0.222 e. The molecule has 0 saturated heterocycles. The van der Waals surface area contributed by atoms with E-state index in [-0.39, 0.29) is 12.6 Å². The van der Waals surface area contributed by atoms with Crippen LogP contribution in [0.15, 0.2) is 42.5 Å². The number of aliphatic hydroxyl groups is 1. The van der Waals surface area contributed by atoms with E-state index in [4.69, 9.17) is 10.8 Å². The lowest BCUT2D eigenvalue weighted by molar-refractivity contribution is 0.311. The van der Waals surface area contributed by atoms with Crippen molar-refractivity contribution in [2.45, 2.75) is 6.92 Å². The van der Waals surface area contributed by atoms with E-state index >= 15 is 0 Å². The molecule has 0 bridgehead atoms. The molecule has 22 heavy (non-hydrogen) atoms. The summed E-state index contributed by atoms with van der Waals surface area (Å²) >= 11 is 0. The third-order valence-electron chi connectivity index (χ3n) is 3.57. The Morgan fingerprint density at radius 2 is 1.95 bits per heavy atom. The number of nitrogens with zero attached hydrogens (tertiary/aromatic N) is 2. The average Bonchev–Trinajstić information content (AvgIpc) is 2.52. The second-order valence-electron chi connectivity index (χ2n) is 5.13. The summed E-state index contributed by atoms with van der Waals surface area (Å²) in [4.78, 5) is 8.53. The Labute approximate surface area is 128 Å². The zero-order valence-electron chi connectivity index (χ0n) is 12.4. The van der Waals surface area contributed by atoms with Gasteiger partial charge < -0.3 is 16.2 Å². The van der Waals surface area contributed by atoms with Crippen LogP contribution in [0, 0.1) is 6.92 Å². The minimum absolute atomic E-state index is 0.0344. The zero-order chi connectivity index (χ0) is 15.5. The van der Waals surface area contributed by atoms with Gasteiger partial charge in [-0.3, -0.25) is 0 Å². The van der Waals surface area contributed by atoms with Crippen LogP contribution in [-0.2, 0) is 0 Å². The lowest BCUT2D eigenvalue weighted by Gasteiger charge is -2.11. The molecule has 3 rings (SSSR count). The Bertz CT molecular complexity index is 817. The summed E-state index contributed by atoms with van der Waals surface area (Å²) in [5.74, 6) is 0.864. The molecule has 0 saturated carbocycles. The second-order valence-corrected chi connectivity index (χ2v) is 5.13. The monoisotopic (exact) mass is 294 g/mol. The Morgan fingerprint density at radius 1 is 1.14 bits per heavy atom. The van der Waals surface area contributed by atoms with Gasteiger partial charge in [-0.25, -0.2) is 4.98 Å². The number of hydrogen-bond donors (Lipinski definition) is 3. The lowest BCUT2D eigenvalue weighted by Crippen LogP contribution is -2.09. The second kappa shape index (κ2) is 5.99. The Hall–Kier alpha value is -2.66. The Morgan fingerprint density at radius 3 is 2.73 bits per heavy atom. The fraction of sp³-hybridized carbons (Fsp3) is 0.176. The predicted octanol–water partition coefficient (Wildman–Crippen LogP) is 2.59. The maximum atomic E-state index is 8.96. The molecule has 0 unspecified atom stereocenters. The van der Waals surface area contributed by atoms with Gasteiger partial charge in [-0.1, -0.05) is 30.3 Å². The maximum absolute atomic E-state index is 8.96. The van der Waals surface area contributed by atoms with Crippen molar-refractivity contribution in [3.8, 4) is 11.1 Å². The van der Waals surface area contributed by atoms with E-state index < -0.39 is 0 Å². The number of fused-ring (bicyclic) bond motifs is 1. The van der Waals surface area contributed by atoms with Gasteiger partial charge in [0, 0.05) is 11.9 Å². The molecule has 2 aromatic carbocycles. The first kappa shape index (κ1) is 14.3. The van der Waals surface area contributed by atoms with Gasteiger partial charge in [-0.05, 0) is 35.7 Å². The minimum atomic E-state index is 0.0344. The summed E-state index contributed by atoms with van der Waals surface area (Å²) in [6, 6.07) is 14.3. The van der Waals surface area contributed by atoms with Gasteiger partial charge in [0.1, 0.15) is 5.82 Å². The highest BCUT2D eigenvalue weighted by molar-refractivity contribution is 5.93. The first-order valence-electron chi connectivity index (χ1n) is 7.17. The fourth-order valence-electron chi connectivity index (χ4n) is 2.52. The lowest BCUT2D eigenvalue weighted by atomic mass is 9.99. The maximum Gasteiger partial charge on any atom is 0.222 e. The van der Waals surface area contributed by atoms with Crippen LogP contribution in [0.2, 0.25) is 0 Å². The molecule has 1 aromatic heterocycles. The highest BCUT2D eigenvalue weighted by Crippen LogP contribution is 2.29. The molecule has 0 aliphatic heterocycles. The molecule has 0 fully saturated rings. The fourth-order valence-corrected chi connectivity index (χ4v) is 2.52. The number of anilines is 2. The summed E-state index contributed by atoms with van der Waals surface area (Å²) < 4.78 is 0. The van der Waals surface area contributed by atoms with Crippen LogP contribution >= 0.6 is 0 Å². The number of aromatic nitrogens is 2. The van der Waals surface area contributed by atoms with Gasteiger partial charge in [0.25, 0.3) is 0 Å². The molecule has 0 spiro atoms. The highest BCUT2D eigenvalue weighted by atomic mass is 16.3. The van der Waals surface area contributed by atoms with E-state index in [1.165, 1.54) is 11.1 Å². The number of nitrogens with one attached hydrogen (secondary N) is 1. The van der Waals surface area contributed by atoms with Crippen molar-refractivity contribution in [1.82, 2.24) is 9.97 Å². The highest BCUT2D eigenvalue weighted by Gasteiger charge is 2.08. The molecule has 0 atom stereocenters. The van der Waals surface area contributed by atoms with E-state index in [1.54, 1.807) is 0 Å². The number of benzene rings is 2. The molecule has 0 radical (unpaired) electrons. The summed E-state index contributed by atoms with van der Waals surface area (Å²) in [5.41, 5.74) is 10.1. The molecule has 3 aromatic rings. The first-order valence-corrected chi connectivity index (χ1v) is 7.17. The van der Waals surface area contributed by atoms with Crippen molar-refractivity contribution in [3.05, 3.63) is 48.0 Å². The van der Waals surface area contributed by atoms with Gasteiger partial charge >= 0.3 is 0 Å². The molecule has 5 heteroatoms. The molecule has 112 valence electrons. The predicted molar refractivity (Wildman–Crippen MR) is 89.7 cm³/mol. The topological polar surface area (TPSA) is 84.1 Å². The number of rotatable bonds is 4. The van der Waals surface area contributed by atoms with Crippen molar-refractivity contribution in [3.63, 3.8) is 0 Å². The normalized spacial score (nSPS) is 10.8. The van der Waals surface area contributed by atoms with Gasteiger partial charge in [0.05, 0.1) is 12.1 Å². The van der Waals surface area contributed by atoms with E-state index in [2.05, 4.69) is 34.3 Å². The van der Waals surface area contributed by atoms with Crippen LogP contribution in [0.1, 0.15) is 5.56 Å². The van der Waals surface area contributed by atoms with E-state index in [1.807, 2.05) is 30.3 Å². The van der Waals surface area contributed by atoms with Crippen LogP contribution in [0.5, 0.6) is 0 Å². The van der Waals surface area contributed by atoms with Crippen LogP contribution in [0.3, 0.4) is 0 Å². The first-order chi connectivity index (χ1) is 10.7. The average molecular weight is 294 g/mol. The summed E-state index contributed by atoms with van der Waals surface area (Å²) in [6.45, 7) is 2.54. The minimum Gasteiger partial charge on any atom is -0.395 e. The largest absolute Gasteiger partial charge is 0.395 e. The van der Waals surface area contributed by atoms with Gasteiger partial charge in [0.2, 0.25) is 5.95 Å². The van der Waals surface area contributed by atoms with E-state index in [9.17, 15) is 0 Å². The summed E-state index contributed by atoms with van der Waals surface area (Å²) in [5, 5.41) is 12.9. The molecule has 0 amide bonds. The number of nitrogen functional groups attached to an aromatic ring is 1. The number of aryl methyl sites for hydroxylation is 1.